The summed E-state index contributed by atoms with van der Waals surface area (Å²) in [5.41, 5.74) is 8.29. The second-order valence-corrected chi connectivity index (χ2v) is 5.23. The number of nitrogens with zero attached hydrogens (tertiary/aromatic N) is 1. The number of thiazole rings is 1. The first-order valence-electron chi connectivity index (χ1n) is 5.52. The molecular formula is C11H17N3OS2. The molecule has 0 saturated carbocycles. The molecule has 0 aliphatic heterocycles. The van der Waals surface area contributed by atoms with E-state index in [2.05, 4.69) is 10.3 Å². The second kappa shape index (κ2) is 6.66. The van der Waals surface area contributed by atoms with E-state index in [0.717, 1.165) is 17.0 Å². The highest BCUT2D eigenvalue weighted by atomic mass is 32.1. The average molecular weight is 271 g/mol. The SMILES string of the molecule is CCCC(C(=O)NCc1scnc1C)C(N)=S. The van der Waals surface area contributed by atoms with Crippen molar-refractivity contribution in [3.05, 3.63) is 16.1 Å². The largest absolute Gasteiger partial charge is 0.393 e. The molecule has 1 heterocycles. The zero-order valence-electron chi connectivity index (χ0n) is 10.0. The van der Waals surface area contributed by atoms with Crippen molar-refractivity contribution in [2.24, 2.45) is 11.7 Å². The van der Waals surface area contributed by atoms with Crippen molar-refractivity contribution < 1.29 is 4.79 Å². The van der Waals surface area contributed by atoms with Crippen molar-refractivity contribution in [1.82, 2.24) is 10.3 Å². The highest BCUT2D eigenvalue weighted by Crippen LogP contribution is 2.12. The minimum atomic E-state index is -0.358. The van der Waals surface area contributed by atoms with E-state index in [1.54, 1.807) is 5.51 Å². The summed E-state index contributed by atoms with van der Waals surface area (Å²) in [6.45, 7) is 4.43. The van der Waals surface area contributed by atoms with E-state index < -0.39 is 0 Å². The molecule has 0 aromatic carbocycles. The summed E-state index contributed by atoms with van der Waals surface area (Å²) in [7, 11) is 0. The van der Waals surface area contributed by atoms with Gasteiger partial charge in [0.05, 0.1) is 28.7 Å². The van der Waals surface area contributed by atoms with Crippen LogP contribution in [0.1, 0.15) is 30.3 Å². The Morgan fingerprint density at radius 3 is 2.88 bits per heavy atom. The fourth-order valence-electron chi connectivity index (χ4n) is 1.48. The van der Waals surface area contributed by atoms with Crippen LogP contribution in [0.25, 0.3) is 0 Å². The van der Waals surface area contributed by atoms with Crippen LogP contribution in [0.5, 0.6) is 0 Å². The van der Waals surface area contributed by atoms with E-state index in [9.17, 15) is 4.79 Å². The quantitative estimate of drug-likeness (QED) is 0.774. The summed E-state index contributed by atoms with van der Waals surface area (Å²) in [5, 5.41) is 2.86. The van der Waals surface area contributed by atoms with Crippen LogP contribution < -0.4 is 11.1 Å². The topological polar surface area (TPSA) is 68.0 Å². The summed E-state index contributed by atoms with van der Waals surface area (Å²) in [5.74, 6) is -0.449. The Hall–Kier alpha value is -1.01. The molecule has 6 heteroatoms. The Bertz CT molecular complexity index is 403. The summed E-state index contributed by atoms with van der Waals surface area (Å²) in [6, 6.07) is 0. The van der Waals surface area contributed by atoms with Gasteiger partial charge in [0, 0.05) is 4.88 Å². The zero-order valence-corrected chi connectivity index (χ0v) is 11.7. The van der Waals surface area contributed by atoms with E-state index in [-0.39, 0.29) is 16.8 Å². The first kappa shape index (κ1) is 14.1. The zero-order chi connectivity index (χ0) is 12.8. The first-order valence-corrected chi connectivity index (χ1v) is 6.81. The van der Waals surface area contributed by atoms with Gasteiger partial charge in [0.2, 0.25) is 5.91 Å². The molecule has 0 fully saturated rings. The molecular weight excluding hydrogens is 254 g/mol. The van der Waals surface area contributed by atoms with Gasteiger partial charge in [-0.25, -0.2) is 4.98 Å². The Kier molecular flexibility index (Phi) is 5.50. The molecule has 94 valence electrons. The maximum Gasteiger partial charge on any atom is 0.230 e. The third kappa shape index (κ3) is 4.05. The summed E-state index contributed by atoms with van der Waals surface area (Å²) < 4.78 is 0. The normalized spacial score (nSPS) is 12.1. The Balaban J connectivity index is 2.53. The van der Waals surface area contributed by atoms with Crippen LogP contribution in [-0.4, -0.2) is 15.9 Å². The lowest BCUT2D eigenvalue weighted by Crippen LogP contribution is -2.37. The summed E-state index contributed by atoms with van der Waals surface area (Å²) >= 11 is 6.44. The molecule has 0 radical (unpaired) electrons. The number of carbonyl (C=O) groups excluding carboxylic acids is 1. The number of hydrogen-bond donors (Lipinski definition) is 2. The second-order valence-electron chi connectivity index (χ2n) is 3.82. The van der Waals surface area contributed by atoms with E-state index in [4.69, 9.17) is 18.0 Å². The Morgan fingerprint density at radius 1 is 1.71 bits per heavy atom. The van der Waals surface area contributed by atoms with Gasteiger partial charge >= 0.3 is 0 Å². The van der Waals surface area contributed by atoms with Gasteiger partial charge in [0.25, 0.3) is 0 Å². The number of amides is 1. The fraction of sp³-hybridized carbons (Fsp3) is 0.545. The van der Waals surface area contributed by atoms with Crippen LogP contribution in [-0.2, 0) is 11.3 Å². The van der Waals surface area contributed by atoms with Gasteiger partial charge in [0.1, 0.15) is 0 Å². The van der Waals surface area contributed by atoms with Crippen molar-refractivity contribution in [3.8, 4) is 0 Å². The van der Waals surface area contributed by atoms with Crippen molar-refractivity contribution in [1.29, 1.82) is 0 Å². The summed E-state index contributed by atoms with van der Waals surface area (Å²) in [6.07, 6.45) is 1.58. The molecule has 1 atom stereocenters. The smallest absolute Gasteiger partial charge is 0.230 e. The highest BCUT2D eigenvalue weighted by Gasteiger charge is 2.20. The van der Waals surface area contributed by atoms with Gasteiger partial charge in [-0.1, -0.05) is 25.6 Å². The molecule has 17 heavy (non-hydrogen) atoms. The lowest BCUT2D eigenvalue weighted by molar-refractivity contribution is -0.123. The van der Waals surface area contributed by atoms with E-state index in [1.165, 1.54) is 11.3 Å². The van der Waals surface area contributed by atoms with Gasteiger partial charge in [-0.3, -0.25) is 4.79 Å². The molecule has 4 nitrogen and oxygen atoms in total. The molecule has 0 spiro atoms. The summed E-state index contributed by atoms with van der Waals surface area (Å²) in [4.78, 5) is 17.3. The van der Waals surface area contributed by atoms with Gasteiger partial charge in [0.15, 0.2) is 0 Å². The maximum atomic E-state index is 11.9. The minimum absolute atomic E-state index is 0.0906. The van der Waals surface area contributed by atoms with Crippen LogP contribution in [0.3, 0.4) is 0 Å². The van der Waals surface area contributed by atoms with Crippen molar-refractivity contribution in [2.45, 2.75) is 33.2 Å². The lowest BCUT2D eigenvalue weighted by atomic mass is 10.0. The number of hydrogen-bond acceptors (Lipinski definition) is 4. The predicted octanol–water partition coefficient (Wildman–Crippen LogP) is 1.77. The Labute approximate surface area is 111 Å². The van der Waals surface area contributed by atoms with E-state index in [0.29, 0.717) is 13.0 Å². The number of rotatable bonds is 6. The molecule has 1 unspecified atom stereocenters. The van der Waals surface area contributed by atoms with Crippen molar-refractivity contribution >= 4 is 34.5 Å². The molecule has 1 amide bonds. The first-order chi connectivity index (χ1) is 8.06. The molecule has 1 aromatic rings. The van der Waals surface area contributed by atoms with E-state index >= 15 is 0 Å². The van der Waals surface area contributed by atoms with Gasteiger partial charge < -0.3 is 11.1 Å². The van der Waals surface area contributed by atoms with Gasteiger partial charge in [-0.05, 0) is 13.3 Å². The molecule has 0 saturated heterocycles. The van der Waals surface area contributed by atoms with Crippen LogP contribution in [0.15, 0.2) is 5.51 Å². The molecule has 3 N–H and O–H groups in total. The Morgan fingerprint density at radius 2 is 2.41 bits per heavy atom. The van der Waals surface area contributed by atoms with E-state index in [1.807, 2.05) is 13.8 Å². The molecule has 1 aromatic heterocycles. The van der Waals surface area contributed by atoms with Crippen LogP contribution in [0.4, 0.5) is 0 Å². The molecule has 1 rings (SSSR count). The molecule has 0 bridgehead atoms. The molecule has 0 aliphatic rings. The van der Waals surface area contributed by atoms with Crippen LogP contribution in [0, 0.1) is 12.8 Å². The highest BCUT2D eigenvalue weighted by molar-refractivity contribution is 7.80. The van der Waals surface area contributed by atoms with Crippen molar-refractivity contribution in [3.63, 3.8) is 0 Å². The monoisotopic (exact) mass is 271 g/mol. The van der Waals surface area contributed by atoms with Gasteiger partial charge in [-0.15, -0.1) is 11.3 Å². The van der Waals surface area contributed by atoms with Crippen LogP contribution in [0.2, 0.25) is 0 Å². The number of thiocarbonyl (C=S) groups is 1. The number of nitrogens with two attached hydrogens (primary N) is 1. The number of aromatic nitrogens is 1. The predicted molar refractivity (Wildman–Crippen MR) is 73.9 cm³/mol. The standard InChI is InChI=1S/C11H17N3OS2/c1-3-4-8(10(12)16)11(15)13-5-9-7(2)14-6-17-9/h6,8H,3-5H2,1-2H3,(H2,12,16)(H,13,15). The minimum Gasteiger partial charge on any atom is -0.393 e. The molecule has 0 aliphatic carbocycles. The third-order valence-corrected chi connectivity index (χ3v) is 3.72. The number of nitrogens with one attached hydrogen (secondary N) is 1. The maximum absolute atomic E-state index is 11.9. The van der Waals surface area contributed by atoms with Gasteiger partial charge in [-0.2, -0.15) is 0 Å². The average Bonchev–Trinajstić information content (AvgIpc) is 2.68. The fourth-order valence-corrected chi connectivity index (χ4v) is 2.42. The number of aryl methyl sites for hydroxylation is 1. The lowest BCUT2D eigenvalue weighted by Gasteiger charge is -2.14. The number of carbonyl (C=O) groups is 1. The third-order valence-electron chi connectivity index (χ3n) is 2.51. The van der Waals surface area contributed by atoms with Crippen LogP contribution >= 0.6 is 23.6 Å². The van der Waals surface area contributed by atoms with Crippen molar-refractivity contribution in [2.75, 3.05) is 0 Å².